The molecule has 1 heterocycles. The number of likely N-dealkylation sites (tertiary alicyclic amines) is 1. The Morgan fingerprint density at radius 3 is 2.48 bits per heavy atom. The molecule has 112 valence electrons. The third-order valence-electron chi connectivity index (χ3n) is 3.76. The van der Waals surface area contributed by atoms with E-state index < -0.39 is 11.9 Å². The van der Waals surface area contributed by atoms with E-state index in [1.165, 1.54) is 5.56 Å². The molecule has 1 atom stereocenters. The highest BCUT2D eigenvalue weighted by molar-refractivity contribution is 5.94. The van der Waals surface area contributed by atoms with Gasteiger partial charge in [-0.05, 0) is 18.4 Å². The van der Waals surface area contributed by atoms with E-state index in [9.17, 15) is 14.7 Å². The van der Waals surface area contributed by atoms with E-state index in [4.69, 9.17) is 5.11 Å². The number of carboxylic acids is 2. The number of hydrogen-bond donors (Lipinski definition) is 2. The second-order valence-corrected chi connectivity index (χ2v) is 5.22. The molecule has 1 saturated heterocycles. The lowest BCUT2D eigenvalue weighted by Gasteiger charge is -2.26. The molecule has 0 spiro atoms. The number of hydrogen-bond acceptors (Lipinski definition) is 3. The Hall–Kier alpha value is -2.30. The number of nitrogens with zero attached hydrogens (tertiary/aromatic N) is 1. The van der Waals surface area contributed by atoms with Crippen LogP contribution in [0, 0.1) is 0 Å². The molecule has 2 rings (SSSR count). The van der Waals surface area contributed by atoms with Crippen LogP contribution in [-0.2, 0) is 9.59 Å². The summed E-state index contributed by atoms with van der Waals surface area (Å²) in [6, 6.07) is 9.96. The summed E-state index contributed by atoms with van der Waals surface area (Å²) in [6.45, 7) is 1.12. The van der Waals surface area contributed by atoms with Gasteiger partial charge in [0.25, 0.3) is 0 Å². The van der Waals surface area contributed by atoms with Crippen molar-refractivity contribution in [1.29, 1.82) is 0 Å². The Bertz CT molecular complexity index is 538. The average molecular weight is 289 g/mol. The highest BCUT2D eigenvalue weighted by Crippen LogP contribution is 2.28. The van der Waals surface area contributed by atoms with Crippen LogP contribution in [0.4, 0.5) is 0 Å². The van der Waals surface area contributed by atoms with Gasteiger partial charge in [0.05, 0.1) is 6.08 Å². The third-order valence-corrected chi connectivity index (χ3v) is 3.76. The van der Waals surface area contributed by atoms with Gasteiger partial charge >= 0.3 is 11.9 Å². The Balaban J connectivity index is 2.23. The van der Waals surface area contributed by atoms with Gasteiger partial charge < -0.3 is 15.1 Å². The number of rotatable bonds is 4. The molecule has 1 aliphatic rings. The molecule has 0 radical (unpaired) electrons. The molecule has 0 amide bonds. The smallest absolute Gasteiger partial charge is 0.352 e. The second-order valence-electron chi connectivity index (χ2n) is 5.22. The Labute approximate surface area is 123 Å². The van der Waals surface area contributed by atoms with Gasteiger partial charge in [-0.2, -0.15) is 0 Å². The quantitative estimate of drug-likeness (QED) is 0.832. The fourth-order valence-corrected chi connectivity index (χ4v) is 2.76. The van der Waals surface area contributed by atoms with Crippen molar-refractivity contribution >= 4 is 11.9 Å². The molecule has 0 bridgehead atoms. The van der Waals surface area contributed by atoms with Crippen LogP contribution in [0.25, 0.3) is 0 Å². The van der Waals surface area contributed by atoms with Gasteiger partial charge in [-0.3, -0.25) is 0 Å². The molecule has 1 unspecified atom stereocenters. The number of aliphatic carboxylic acids is 2. The van der Waals surface area contributed by atoms with Gasteiger partial charge in [-0.15, -0.1) is 0 Å². The summed E-state index contributed by atoms with van der Waals surface area (Å²) in [7, 11) is 0. The van der Waals surface area contributed by atoms with Gasteiger partial charge in [0.15, 0.2) is 0 Å². The minimum absolute atomic E-state index is 0.134. The predicted molar refractivity (Wildman–Crippen MR) is 78.0 cm³/mol. The first kappa shape index (κ1) is 15.1. The minimum atomic E-state index is -1.23. The van der Waals surface area contributed by atoms with Crippen LogP contribution in [0.3, 0.4) is 0 Å². The molecule has 0 saturated carbocycles. The molecule has 1 aromatic carbocycles. The van der Waals surface area contributed by atoms with Crippen LogP contribution in [0.1, 0.15) is 30.7 Å². The van der Waals surface area contributed by atoms with Crippen molar-refractivity contribution in [3.63, 3.8) is 0 Å². The molecule has 0 aromatic heterocycles. The molecule has 5 heteroatoms. The normalized spacial score (nSPS) is 19.9. The van der Waals surface area contributed by atoms with Crippen molar-refractivity contribution < 1.29 is 19.8 Å². The number of carboxylic acid groups (broad SMARTS) is 2. The van der Waals surface area contributed by atoms with E-state index in [0.717, 1.165) is 25.3 Å². The van der Waals surface area contributed by atoms with Gasteiger partial charge in [0, 0.05) is 19.0 Å². The largest absolute Gasteiger partial charge is 0.478 e. The third kappa shape index (κ3) is 4.08. The monoisotopic (exact) mass is 289 g/mol. The van der Waals surface area contributed by atoms with Crippen LogP contribution in [-0.4, -0.2) is 40.1 Å². The molecule has 0 aliphatic carbocycles. The molecule has 1 fully saturated rings. The van der Waals surface area contributed by atoms with Crippen molar-refractivity contribution in [1.82, 2.24) is 4.90 Å². The van der Waals surface area contributed by atoms with E-state index >= 15 is 0 Å². The van der Waals surface area contributed by atoms with Gasteiger partial charge in [0.1, 0.15) is 5.70 Å². The minimum Gasteiger partial charge on any atom is -0.478 e. The molecule has 2 N–H and O–H groups in total. The van der Waals surface area contributed by atoms with Crippen molar-refractivity contribution in [2.45, 2.75) is 25.2 Å². The average Bonchev–Trinajstić information content (AvgIpc) is 2.71. The molecule has 21 heavy (non-hydrogen) atoms. The molecule has 5 nitrogen and oxygen atoms in total. The standard InChI is InChI=1S/C16H19NO4/c18-15(19)10-14(16(20)21)17-9-5-4-8-13(11-17)12-6-2-1-3-7-12/h1-3,6-7,10,13H,4-5,8-9,11H2,(H,18,19)(H,20,21)/b14-10-. The molecular formula is C16H19NO4. The van der Waals surface area contributed by atoms with Crippen LogP contribution in [0.15, 0.2) is 42.1 Å². The van der Waals surface area contributed by atoms with E-state index in [1.54, 1.807) is 4.90 Å². The Morgan fingerprint density at radius 2 is 1.86 bits per heavy atom. The van der Waals surface area contributed by atoms with E-state index in [1.807, 2.05) is 30.3 Å². The van der Waals surface area contributed by atoms with Crippen LogP contribution >= 0.6 is 0 Å². The van der Waals surface area contributed by atoms with Crippen molar-refractivity contribution in [2.75, 3.05) is 13.1 Å². The summed E-state index contributed by atoms with van der Waals surface area (Å²) in [6.07, 6.45) is 3.65. The first-order chi connectivity index (χ1) is 10.1. The zero-order chi connectivity index (χ0) is 15.2. The lowest BCUT2D eigenvalue weighted by atomic mass is 9.94. The number of carbonyl (C=O) groups is 2. The van der Waals surface area contributed by atoms with Gasteiger partial charge in [-0.25, -0.2) is 9.59 Å². The zero-order valence-corrected chi connectivity index (χ0v) is 11.7. The van der Waals surface area contributed by atoms with Crippen molar-refractivity contribution in [2.24, 2.45) is 0 Å². The second kappa shape index (κ2) is 6.92. The first-order valence-electron chi connectivity index (χ1n) is 7.05. The van der Waals surface area contributed by atoms with Crippen molar-refractivity contribution in [3.8, 4) is 0 Å². The van der Waals surface area contributed by atoms with Gasteiger partial charge in [0.2, 0.25) is 0 Å². The van der Waals surface area contributed by atoms with E-state index in [-0.39, 0.29) is 11.6 Å². The fraction of sp³-hybridized carbons (Fsp3) is 0.375. The maximum Gasteiger partial charge on any atom is 0.352 e. The first-order valence-corrected chi connectivity index (χ1v) is 7.05. The Morgan fingerprint density at radius 1 is 1.14 bits per heavy atom. The maximum absolute atomic E-state index is 11.3. The van der Waals surface area contributed by atoms with Crippen LogP contribution in [0.5, 0.6) is 0 Å². The topological polar surface area (TPSA) is 77.8 Å². The number of benzene rings is 1. The fourth-order valence-electron chi connectivity index (χ4n) is 2.76. The van der Waals surface area contributed by atoms with E-state index in [2.05, 4.69) is 0 Å². The van der Waals surface area contributed by atoms with Crippen molar-refractivity contribution in [3.05, 3.63) is 47.7 Å². The van der Waals surface area contributed by atoms with Gasteiger partial charge in [-0.1, -0.05) is 36.8 Å². The van der Waals surface area contributed by atoms with Crippen LogP contribution < -0.4 is 0 Å². The predicted octanol–water partition coefficient (Wildman–Crippen LogP) is 2.31. The highest BCUT2D eigenvalue weighted by atomic mass is 16.4. The summed E-state index contributed by atoms with van der Waals surface area (Å²) in [4.78, 5) is 23.8. The van der Waals surface area contributed by atoms with Crippen LogP contribution in [0.2, 0.25) is 0 Å². The SMILES string of the molecule is O=C(O)/C=C(/C(=O)O)N1CCCCC(c2ccccc2)C1. The lowest BCUT2D eigenvalue weighted by molar-refractivity contribution is -0.136. The Kier molecular flexibility index (Phi) is 4.98. The zero-order valence-electron chi connectivity index (χ0n) is 11.7. The highest BCUT2D eigenvalue weighted by Gasteiger charge is 2.24. The molecular weight excluding hydrogens is 270 g/mol. The van der Waals surface area contributed by atoms with E-state index in [0.29, 0.717) is 13.1 Å². The molecule has 1 aliphatic heterocycles. The summed E-state index contributed by atoms with van der Waals surface area (Å²) in [5, 5.41) is 18.1. The molecule has 1 aromatic rings. The summed E-state index contributed by atoms with van der Waals surface area (Å²) < 4.78 is 0. The lowest BCUT2D eigenvalue weighted by Crippen LogP contribution is -2.31. The summed E-state index contributed by atoms with van der Waals surface area (Å²) in [5.74, 6) is -2.19. The maximum atomic E-state index is 11.3. The summed E-state index contributed by atoms with van der Waals surface area (Å²) in [5.41, 5.74) is 1.04. The summed E-state index contributed by atoms with van der Waals surface area (Å²) >= 11 is 0.